The van der Waals surface area contributed by atoms with Crippen LogP contribution in [0.25, 0.3) is 0 Å². The van der Waals surface area contributed by atoms with Gasteiger partial charge in [0.15, 0.2) is 0 Å². The highest BCUT2D eigenvalue weighted by Crippen LogP contribution is 2.42. The van der Waals surface area contributed by atoms with Crippen LogP contribution >= 0.6 is 0 Å². The Kier molecular flexibility index (Phi) is 3.98. The summed E-state index contributed by atoms with van der Waals surface area (Å²) in [7, 11) is 0. The number of piperidine rings is 1. The number of nitrogens with two attached hydrogens (primary N) is 1. The Morgan fingerprint density at radius 2 is 2.00 bits per heavy atom. The molecule has 4 nitrogen and oxygen atoms in total. The molecule has 4 heteroatoms. The summed E-state index contributed by atoms with van der Waals surface area (Å²) in [5.41, 5.74) is 7.95. The predicted molar refractivity (Wildman–Crippen MR) is 88.0 cm³/mol. The van der Waals surface area contributed by atoms with Crippen LogP contribution in [0.15, 0.2) is 18.2 Å². The quantitative estimate of drug-likeness (QED) is 0.840. The van der Waals surface area contributed by atoms with Crippen molar-refractivity contribution in [2.75, 3.05) is 30.3 Å². The molecule has 0 bridgehead atoms. The van der Waals surface area contributed by atoms with Gasteiger partial charge < -0.3 is 20.7 Å². The molecule has 2 aliphatic heterocycles. The average molecular weight is 289 g/mol. The first kappa shape index (κ1) is 14.5. The average Bonchev–Trinajstić information content (AvgIpc) is 2.55. The fraction of sp³-hybridized carbons (Fsp3) is 0.647. The van der Waals surface area contributed by atoms with Crippen molar-refractivity contribution >= 4 is 11.4 Å². The normalized spacial score (nSPS) is 21.7. The fourth-order valence-electron chi connectivity index (χ4n) is 3.57. The summed E-state index contributed by atoms with van der Waals surface area (Å²) in [6.45, 7) is 7.63. The Hall–Kier alpha value is -1.42. The van der Waals surface area contributed by atoms with E-state index in [2.05, 4.69) is 30.1 Å². The number of nitrogens with zero attached hydrogens (tertiary/aromatic N) is 1. The minimum Gasteiger partial charge on any atom is -0.483 e. The van der Waals surface area contributed by atoms with Crippen molar-refractivity contribution in [2.24, 2.45) is 0 Å². The highest BCUT2D eigenvalue weighted by atomic mass is 16.5. The van der Waals surface area contributed by atoms with Gasteiger partial charge in [-0.05, 0) is 57.0 Å². The van der Waals surface area contributed by atoms with Gasteiger partial charge in [-0.25, -0.2) is 0 Å². The third-order valence-electron chi connectivity index (χ3n) is 5.12. The largest absolute Gasteiger partial charge is 0.483 e. The molecule has 0 aliphatic carbocycles. The van der Waals surface area contributed by atoms with Gasteiger partial charge in [-0.3, -0.25) is 0 Å². The summed E-state index contributed by atoms with van der Waals surface area (Å²) < 4.78 is 6.38. The number of nitrogens with one attached hydrogen (secondary N) is 1. The molecule has 21 heavy (non-hydrogen) atoms. The molecule has 0 atom stereocenters. The second kappa shape index (κ2) is 5.76. The lowest BCUT2D eigenvalue weighted by Gasteiger charge is -2.48. The second-order valence-corrected chi connectivity index (χ2v) is 6.33. The molecule has 0 saturated carbocycles. The Morgan fingerprint density at radius 3 is 2.67 bits per heavy atom. The molecule has 3 rings (SSSR count). The van der Waals surface area contributed by atoms with E-state index in [1.807, 2.05) is 12.1 Å². The molecule has 0 radical (unpaired) electrons. The van der Waals surface area contributed by atoms with Gasteiger partial charge in [0.05, 0.1) is 12.2 Å². The van der Waals surface area contributed by atoms with Crippen molar-refractivity contribution in [3.63, 3.8) is 0 Å². The van der Waals surface area contributed by atoms with Gasteiger partial charge in [-0.1, -0.05) is 13.8 Å². The number of fused-ring (bicyclic) bond motifs is 1. The molecule has 1 saturated heterocycles. The number of rotatable bonds is 3. The molecular formula is C17H27N3O. The van der Waals surface area contributed by atoms with Crippen LogP contribution in [0.1, 0.15) is 39.5 Å². The Morgan fingerprint density at radius 1 is 1.29 bits per heavy atom. The summed E-state index contributed by atoms with van der Waals surface area (Å²) >= 11 is 0. The van der Waals surface area contributed by atoms with Crippen LogP contribution in [0.4, 0.5) is 11.4 Å². The maximum atomic E-state index is 6.38. The third-order valence-corrected chi connectivity index (χ3v) is 5.12. The number of hydrogen-bond donors (Lipinski definition) is 2. The summed E-state index contributed by atoms with van der Waals surface area (Å²) in [6.07, 6.45) is 4.46. The van der Waals surface area contributed by atoms with Gasteiger partial charge in [-0.15, -0.1) is 0 Å². The Labute approximate surface area is 127 Å². The number of hydrogen-bond acceptors (Lipinski definition) is 4. The molecule has 3 N–H and O–H groups in total. The second-order valence-electron chi connectivity index (χ2n) is 6.33. The van der Waals surface area contributed by atoms with Crippen molar-refractivity contribution in [2.45, 2.75) is 51.2 Å². The number of nitrogen functional groups attached to an aromatic ring is 1. The van der Waals surface area contributed by atoms with Crippen molar-refractivity contribution in [3.8, 4) is 5.75 Å². The molecule has 0 aromatic heterocycles. The van der Waals surface area contributed by atoms with E-state index in [0.717, 1.165) is 43.9 Å². The topological polar surface area (TPSA) is 50.5 Å². The molecule has 2 heterocycles. The SMILES string of the molecule is CCC1(CC)CN(C2CCNCC2)c2cc(N)ccc2O1. The summed E-state index contributed by atoms with van der Waals surface area (Å²) in [6, 6.07) is 6.65. The van der Waals surface area contributed by atoms with E-state index in [0.29, 0.717) is 6.04 Å². The maximum absolute atomic E-state index is 6.38. The van der Waals surface area contributed by atoms with Crippen LogP contribution in [0, 0.1) is 0 Å². The van der Waals surface area contributed by atoms with Crippen molar-refractivity contribution < 1.29 is 4.74 Å². The molecule has 0 amide bonds. The summed E-state index contributed by atoms with van der Waals surface area (Å²) in [4.78, 5) is 2.56. The van der Waals surface area contributed by atoms with Crippen LogP contribution in [0.5, 0.6) is 5.75 Å². The molecule has 0 spiro atoms. The van der Waals surface area contributed by atoms with Crippen LogP contribution in [0.3, 0.4) is 0 Å². The van der Waals surface area contributed by atoms with E-state index in [-0.39, 0.29) is 5.60 Å². The van der Waals surface area contributed by atoms with Gasteiger partial charge in [0.2, 0.25) is 0 Å². The lowest BCUT2D eigenvalue weighted by Crippen LogP contribution is -2.55. The Balaban J connectivity index is 1.98. The number of ether oxygens (including phenoxy) is 1. The highest BCUT2D eigenvalue weighted by Gasteiger charge is 2.39. The van der Waals surface area contributed by atoms with E-state index in [4.69, 9.17) is 10.5 Å². The molecule has 1 aromatic carbocycles. The first-order valence-corrected chi connectivity index (χ1v) is 8.23. The van der Waals surface area contributed by atoms with Crippen LogP contribution in [-0.4, -0.2) is 31.3 Å². The Bertz CT molecular complexity index is 493. The fourth-order valence-corrected chi connectivity index (χ4v) is 3.57. The number of anilines is 2. The van der Waals surface area contributed by atoms with Crippen LogP contribution in [0.2, 0.25) is 0 Å². The zero-order chi connectivity index (χ0) is 14.9. The van der Waals surface area contributed by atoms with Crippen LogP contribution < -0.4 is 20.7 Å². The maximum Gasteiger partial charge on any atom is 0.143 e. The van der Waals surface area contributed by atoms with Crippen LogP contribution in [-0.2, 0) is 0 Å². The molecular weight excluding hydrogens is 262 g/mol. The summed E-state index contributed by atoms with van der Waals surface area (Å²) in [5.74, 6) is 0.998. The lowest BCUT2D eigenvalue weighted by molar-refractivity contribution is 0.0537. The van der Waals surface area contributed by atoms with Gasteiger partial charge in [0.1, 0.15) is 11.4 Å². The zero-order valence-corrected chi connectivity index (χ0v) is 13.2. The molecule has 1 fully saturated rings. The molecule has 1 aromatic rings. The van der Waals surface area contributed by atoms with Gasteiger partial charge in [0.25, 0.3) is 0 Å². The number of benzene rings is 1. The van der Waals surface area contributed by atoms with Gasteiger partial charge in [0, 0.05) is 11.7 Å². The summed E-state index contributed by atoms with van der Waals surface area (Å²) in [5, 5.41) is 3.46. The van der Waals surface area contributed by atoms with Crippen molar-refractivity contribution in [3.05, 3.63) is 18.2 Å². The minimum absolute atomic E-state index is 0.0615. The van der Waals surface area contributed by atoms with Gasteiger partial charge in [-0.2, -0.15) is 0 Å². The first-order valence-electron chi connectivity index (χ1n) is 8.23. The molecule has 116 valence electrons. The van der Waals surface area contributed by atoms with E-state index in [9.17, 15) is 0 Å². The van der Waals surface area contributed by atoms with Crippen molar-refractivity contribution in [1.29, 1.82) is 0 Å². The molecule has 2 aliphatic rings. The lowest BCUT2D eigenvalue weighted by atomic mass is 9.91. The predicted octanol–water partition coefficient (Wildman–Crippen LogP) is 2.78. The first-order chi connectivity index (χ1) is 10.2. The third kappa shape index (κ3) is 2.69. The molecule has 0 unspecified atom stereocenters. The van der Waals surface area contributed by atoms with E-state index >= 15 is 0 Å². The highest BCUT2D eigenvalue weighted by molar-refractivity contribution is 5.67. The monoisotopic (exact) mass is 289 g/mol. The zero-order valence-electron chi connectivity index (χ0n) is 13.2. The van der Waals surface area contributed by atoms with Crippen molar-refractivity contribution in [1.82, 2.24) is 5.32 Å². The standard InChI is InChI=1S/C17H27N3O/c1-3-17(4-2)12-20(14-7-9-19-10-8-14)15-11-13(18)5-6-16(15)21-17/h5-6,11,14,19H,3-4,7-10,12,18H2,1-2H3. The minimum atomic E-state index is -0.0615. The van der Waals surface area contributed by atoms with E-state index in [1.54, 1.807) is 0 Å². The smallest absolute Gasteiger partial charge is 0.143 e. The van der Waals surface area contributed by atoms with E-state index < -0.39 is 0 Å². The van der Waals surface area contributed by atoms with E-state index in [1.165, 1.54) is 18.5 Å². The van der Waals surface area contributed by atoms with Gasteiger partial charge >= 0.3 is 0 Å².